The van der Waals surface area contributed by atoms with E-state index in [9.17, 15) is 9.18 Å². The van der Waals surface area contributed by atoms with E-state index >= 15 is 0 Å². The second-order valence-electron chi connectivity index (χ2n) is 6.01. The van der Waals surface area contributed by atoms with Crippen molar-refractivity contribution in [1.82, 2.24) is 15.0 Å². The van der Waals surface area contributed by atoms with Crippen LogP contribution in [-0.4, -0.2) is 32.9 Å². The Labute approximate surface area is 144 Å². The van der Waals surface area contributed by atoms with Gasteiger partial charge in [-0.05, 0) is 25.0 Å². The number of amides is 1. The number of hydrogen-bond acceptors (Lipinski definition) is 7. The first-order chi connectivity index (χ1) is 12.0. The summed E-state index contributed by atoms with van der Waals surface area (Å²) in [6, 6.07) is 2.82. The molecule has 1 amide bonds. The molecule has 0 saturated heterocycles. The number of rotatable bonds is 5. The summed E-state index contributed by atoms with van der Waals surface area (Å²) in [5.74, 6) is -0.653. The van der Waals surface area contributed by atoms with E-state index in [0.29, 0.717) is 11.5 Å². The highest BCUT2D eigenvalue weighted by atomic mass is 19.1. The van der Waals surface area contributed by atoms with Gasteiger partial charge in [-0.25, -0.2) is 15.0 Å². The van der Waals surface area contributed by atoms with Gasteiger partial charge in [0, 0.05) is 12.1 Å². The van der Waals surface area contributed by atoms with Gasteiger partial charge >= 0.3 is 0 Å². The summed E-state index contributed by atoms with van der Waals surface area (Å²) in [7, 11) is 0. The molecular weight excluding hydrogens is 325 g/mol. The average molecular weight is 345 g/mol. The lowest BCUT2D eigenvalue weighted by molar-refractivity contribution is 0.0996. The zero-order valence-corrected chi connectivity index (χ0v) is 13.6. The standard InChI is InChI=1S/C16H20FN7O/c17-12-6-5-9(7-20-12)22-16-14(15(19)25)21-8-13(24-16)23-11-4-2-1-3-10(11)18/h5-8,10-11H,1-4,18H2,(H2,19,25)(H2,22,23,24). The predicted octanol–water partition coefficient (Wildman–Crippen LogP) is 1.53. The smallest absolute Gasteiger partial charge is 0.271 e. The molecule has 25 heavy (non-hydrogen) atoms. The van der Waals surface area contributed by atoms with Crippen molar-refractivity contribution >= 4 is 23.2 Å². The second-order valence-corrected chi connectivity index (χ2v) is 6.01. The minimum atomic E-state index is -0.717. The number of nitrogens with two attached hydrogens (primary N) is 2. The van der Waals surface area contributed by atoms with Gasteiger partial charge in [0.15, 0.2) is 11.5 Å². The van der Waals surface area contributed by atoms with Crippen LogP contribution in [0.1, 0.15) is 36.2 Å². The Kier molecular flexibility index (Phi) is 5.03. The summed E-state index contributed by atoms with van der Waals surface area (Å²) in [5.41, 5.74) is 11.9. The van der Waals surface area contributed by atoms with E-state index in [1.165, 1.54) is 24.5 Å². The van der Waals surface area contributed by atoms with Gasteiger partial charge in [0.2, 0.25) is 5.95 Å². The predicted molar refractivity (Wildman–Crippen MR) is 91.9 cm³/mol. The van der Waals surface area contributed by atoms with Gasteiger partial charge in [-0.15, -0.1) is 0 Å². The molecule has 1 saturated carbocycles. The fourth-order valence-electron chi connectivity index (χ4n) is 2.84. The zero-order valence-electron chi connectivity index (χ0n) is 13.6. The Hall–Kier alpha value is -2.81. The van der Waals surface area contributed by atoms with Crippen molar-refractivity contribution in [2.75, 3.05) is 10.6 Å². The lowest BCUT2D eigenvalue weighted by Gasteiger charge is -2.29. The molecule has 6 N–H and O–H groups in total. The van der Waals surface area contributed by atoms with Crippen molar-refractivity contribution in [3.63, 3.8) is 0 Å². The third-order valence-electron chi connectivity index (χ3n) is 4.15. The number of halogens is 1. The molecule has 1 aliphatic carbocycles. The van der Waals surface area contributed by atoms with Crippen LogP contribution in [0.15, 0.2) is 24.5 Å². The van der Waals surface area contributed by atoms with Crippen molar-refractivity contribution in [2.45, 2.75) is 37.8 Å². The number of hydrogen-bond donors (Lipinski definition) is 4. The van der Waals surface area contributed by atoms with E-state index in [0.717, 1.165) is 25.7 Å². The van der Waals surface area contributed by atoms with Gasteiger partial charge in [-0.1, -0.05) is 12.8 Å². The molecule has 9 heteroatoms. The lowest BCUT2D eigenvalue weighted by atomic mass is 9.91. The number of nitrogens with one attached hydrogen (secondary N) is 2. The number of aromatic nitrogens is 3. The fourth-order valence-corrected chi connectivity index (χ4v) is 2.84. The molecule has 0 radical (unpaired) electrons. The molecule has 132 valence electrons. The highest BCUT2D eigenvalue weighted by Gasteiger charge is 2.22. The number of anilines is 3. The Morgan fingerprint density at radius 3 is 2.68 bits per heavy atom. The largest absolute Gasteiger partial charge is 0.364 e. The van der Waals surface area contributed by atoms with E-state index in [1.54, 1.807) is 0 Å². The number of carbonyl (C=O) groups is 1. The van der Waals surface area contributed by atoms with Gasteiger partial charge in [0.05, 0.1) is 18.1 Å². The van der Waals surface area contributed by atoms with Crippen LogP contribution in [0, 0.1) is 5.95 Å². The van der Waals surface area contributed by atoms with Crippen LogP contribution in [0.5, 0.6) is 0 Å². The molecule has 2 aromatic rings. The normalized spacial score (nSPS) is 20.1. The van der Waals surface area contributed by atoms with E-state index in [2.05, 4.69) is 25.6 Å². The highest BCUT2D eigenvalue weighted by molar-refractivity contribution is 5.96. The summed E-state index contributed by atoms with van der Waals surface area (Å²) in [5, 5.41) is 6.16. The molecule has 0 aliphatic heterocycles. The van der Waals surface area contributed by atoms with Gasteiger partial charge in [-0.2, -0.15) is 4.39 Å². The van der Waals surface area contributed by atoms with Crippen molar-refractivity contribution in [2.24, 2.45) is 11.5 Å². The minimum Gasteiger partial charge on any atom is -0.364 e. The Balaban J connectivity index is 1.83. The summed E-state index contributed by atoms with van der Waals surface area (Å²) >= 11 is 0. The summed E-state index contributed by atoms with van der Waals surface area (Å²) in [6.45, 7) is 0. The first kappa shape index (κ1) is 17.0. The number of pyridine rings is 1. The van der Waals surface area contributed by atoms with Crippen LogP contribution in [0.4, 0.5) is 21.7 Å². The molecule has 1 aliphatic rings. The molecule has 0 bridgehead atoms. The van der Waals surface area contributed by atoms with Crippen LogP contribution in [0.25, 0.3) is 0 Å². The van der Waals surface area contributed by atoms with Crippen LogP contribution in [0.2, 0.25) is 0 Å². The first-order valence-electron chi connectivity index (χ1n) is 8.10. The summed E-state index contributed by atoms with van der Waals surface area (Å²) in [6.07, 6.45) is 6.87. The van der Waals surface area contributed by atoms with Crippen LogP contribution in [0.3, 0.4) is 0 Å². The molecule has 2 atom stereocenters. The summed E-state index contributed by atoms with van der Waals surface area (Å²) in [4.78, 5) is 23.6. The van der Waals surface area contributed by atoms with Crippen molar-refractivity contribution in [3.8, 4) is 0 Å². The zero-order chi connectivity index (χ0) is 17.8. The van der Waals surface area contributed by atoms with E-state index in [-0.39, 0.29) is 23.6 Å². The number of carbonyl (C=O) groups excluding carboxylic acids is 1. The molecule has 2 heterocycles. The lowest BCUT2D eigenvalue weighted by Crippen LogP contribution is -2.42. The van der Waals surface area contributed by atoms with Crippen molar-refractivity contribution in [1.29, 1.82) is 0 Å². The minimum absolute atomic E-state index is 0.0113. The average Bonchev–Trinajstić information content (AvgIpc) is 2.59. The second kappa shape index (κ2) is 7.39. The molecule has 0 aromatic carbocycles. The number of nitrogens with zero attached hydrogens (tertiary/aromatic N) is 3. The van der Waals surface area contributed by atoms with Gasteiger partial charge in [0.1, 0.15) is 5.82 Å². The molecule has 2 aromatic heterocycles. The van der Waals surface area contributed by atoms with Crippen molar-refractivity contribution < 1.29 is 9.18 Å². The van der Waals surface area contributed by atoms with Gasteiger partial charge in [0.25, 0.3) is 5.91 Å². The maximum absolute atomic E-state index is 12.9. The van der Waals surface area contributed by atoms with E-state index in [1.807, 2.05) is 0 Å². The monoisotopic (exact) mass is 345 g/mol. The molecule has 0 spiro atoms. The number of primary amides is 1. The Morgan fingerprint density at radius 2 is 2.00 bits per heavy atom. The highest BCUT2D eigenvalue weighted by Crippen LogP contribution is 2.23. The SMILES string of the molecule is NC(=O)c1ncc(NC2CCCCC2N)nc1Nc1ccc(F)nc1. The third-order valence-corrected chi connectivity index (χ3v) is 4.15. The van der Waals surface area contributed by atoms with Crippen LogP contribution >= 0.6 is 0 Å². The fraction of sp³-hybridized carbons (Fsp3) is 0.375. The topological polar surface area (TPSA) is 132 Å². The van der Waals surface area contributed by atoms with E-state index in [4.69, 9.17) is 11.5 Å². The Morgan fingerprint density at radius 1 is 1.20 bits per heavy atom. The Bertz CT molecular complexity index is 753. The molecule has 2 unspecified atom stereocenters. The third kappa shape index (κ3) is 4.18. The maximum Gasteiger partial charge on any atom is 0.271 e. The van der Waals surface area contributed by atoms with Crippen LogP contribution in [-0.2, 0) is 0 Å². The van der Waals surface area contributed by atoms with Gasteiger partial charge in [-0.3, -0.25) is 4.79 Å². The molecule has 8 nitrogen and oxygen atoms in total. The maximum atomic E-state index is 12.9. The van der Waals surface area contributed by atoms with Gasteiger partial charge < -0.3 is 22.1 Å². The summed E-state index contributed by atoms with van der Waals surface area (Å²) < 4.78 is 12.9. The molecule has 1 fully saturated rings. The molecule has 3 rings (SSSR count). The molecular formula is C16H20FN7O. The van der Waals surface area contributed by atoms with Crippen LogP contribution < -0.4 is 22.1 Å². The quantitative estimate of drug-likeness (QED) is 0.604. The first-order valence-corrected chi connectivity index (χ1v) is 8.10. The van der Waals surface area contributed by atoms with E-state index < -0.39 is 11.9 Å². The van der Waals surface area contributed by atoms with Crippen molar-refractivity contribution in [3.05, 3.63) is 36.2 Å².